The van der Waals surface area contributed by atoms with Gasteiger partial charge in [-0.1, -0.05) is 371 Å². The monoisotopic (exact) mass is 1150 g/mol. The van der Waals surface area contributed by atoms with E-state index in [2.05, 4.69) is 69.4 Å². The van der Waals surface area contributed by atoms with Crippen LogP contribution in [0.15, 0.2) is 48.6 Å². The number of hydrogen-bond acceptors (Lipinski definition) is 6. The summed E-state index contributed by atoms with van der Waals surface area (Å²) in [5, 5.41) is 0. The molecule has 0 aliphatic rings. The molecule has 0 N–H and O–H groups in total. The summed E-state index contributed by atoms with van der Waals surface area (Å²) >= 11 is 0. The number of ether oxygens (including phenoxy) is 3. The second-order valence-corrected chi connectivity index (χ2v) is 24.8. The van der Waals surface area contributed by atoms with Crippen molar-refractivity contribution in [3.8, 4) is 0 Å². The number of unbranched alkanes of at least 4 members (excludes halogenated alkanes) is 49. The normalized spacial score (nSPS) is 12.3. The highest BCUT2D eigenvalue weighted by Gasteiger charge is 2.19. The van der Waals surface area contributed by atoms with Crippen molar-refractivity contribution in [2.75, 3.05) is 13.2 Å². The smallest absolute Gasteiger partial charge is 0.306 e. The second-order valence-electron chi connectivity index (χ2n) is 24.8. The Morgan fingerprint density at radius 1 is 0.256 bits per heavy atom. The standard InChI is InChI=1S/C76H140O6/c1-4-7-10-13-16-18-20-22-24-26-28-30-32-34-36-38-40-41-43-45-47-49-51-53-55-57-60-63-66-69-75(78)81-72-73(71-80-74(77)68-65-62-59-15-12-9-6-3)82-76(79)70-67-64-61-58-56-54-52-50-48-46-44-42-39-37-35-33-31-29-27-25-23-21-19-17-14-11-8-5-2/h7,10,16,18,22,24,28,30,73H,4-6,8-9,11-15,17,19-21,23,25-27,29,31-72H2,1-3H3/b10-7-,18-16-,24-22-,30-28-. The van der Waals surface area contributed by atoms with E-state index in [0.717, 1.165) is 83.5 Å². The molecule has 0 aliphatic heterocycles. The average molecular weight is 1150 g/mol. The molecule has 0 saturated carbocycles. The van der Waals surface area contributed by atoms with Gasteiger partial charge in [0, 0.05) is 19.3 Å². The molecule has 0 heterocycles. The maximum atomic E-state index is 12.9. The van der Waals surface area contributed by atoms with E-state index in [4.69, 9.17) is 14.2 Å². The summed E-state index contributed by atoms with van der Waals surface area (Å²) in [6, 6.07) is 0. The molecule has 0 rings (SSSR count). The lowest BCUT2D eigenvalue weighted by Gasteiger charge is -2.18. The van der Waals surface area contributed by atoms with E-state index in [1.807, 2.05) is 0 Å². The minimum absolute atomic E-state index is 0.0669. The minimum atomic E-state index is -0.768. The Morgan fingerprint density at radius 2 is 0.476 bits per heavy atom. The summed E-state index contributed by atoms with van der Waals surface area (Å²) in [5.74, 6) is -0.846. The molecule has 0 aromatic carbocycles. The summed E-state index contributed by atoms with van der Waals surface area (Å²) < 4.78 is 16.9. The van der Waals surface area contributed by atoms with Crippen molar-refractivity contribution >= 4 is 17.9 Å². The summed E-state index contributed by atoms with van der Waals surface area (Å²) in [5.41, 5.74) is 0. The highest BCUT2D eigenvalue weighted by molar-refractivity contribution is 5.71. The van der Waals surface area contributed by atoms with Crippen LogP contribution in [-0.2, 0) is 28.6 Å². The first-order valence-corrected chi connectivity index (χ1v) is 36.6. The highest BCUT2D eigenvalue weighted by Crippen LogP contribution is 2.19. The van der Waals surface area contributed by atoms with Crippen LogP contribution in [0.4, 0.5) is 0 Å². The topological polar surface area (TPSA) is 78.9 Å². The molecule has 0 aliphatic carbocycles. The molecule has 82 heavy (non-hydrogen) atoms. The van der Waals surface area contributed by atoms with E-state index >= 15 is 0 Å². The molecule has 1 unspecified atom stereocenters. The third-order valence-corrected chi connectivity index (χ3v) is 16.6. The third kappa shape index (κ3) is 68.2. The lowest BCUT2D eigenvalue weighted by molar-refractivity contribution is -0.167. The molecule has 0 spiro atoms. The van der Waals surface area contributed by atoms with Gasteiger partial charge in [0.1, 0.15) is 13.2 Å². The first-order valence-electron chi connectivity index (χ1n) is 36.6. The Morgan fingerprint density at radius 3 is 0.744 bits per heavy atom. The summed E-state index contributed by atoms with van der Waals surface area (Å²) in [6.07, 6.45) is 90.5. The molecule has 6 heteroatoms. The van der Waals surface area contributed by atoms with Gasteiger partial charge in [-0.25, -0.2) is 0 Å². The largest absolute Gasteiger partial charge is 0.462 e. The number of hydrogen-bond donors (Lipinski definition) is 0. The molecule has 0 aromatic rings. The van der Waals surface area contributed by atoms with Crippen molar-refractivity contribution in [3.63, 3.8) is 0 Å². The molecule has 0 radical (unpaired) electrons. The summed E-state index contributed by atoms with van der Waals surface area (Å²) in [6.45, 7) is 6.56. The SMILES string of the molecule is CC/C=C\C/C=C\C/C=C\C/C=C\CCCCCCCCCCCCCCCCCCC(=O)OCC(COC(=O)CCCCCCCCC)OC(=O)CCCCCCCCCCCCCCCCCCCCCCCCCCCCCC. The first kappa shape index (κ1) is 79.4. The van der Waals surface area contributed by atoms with Crippen LogP contribution in [0.25, 0.3) is 0 Å². The van der Waals surface area contributed by atoms with E-state index in [1.54, 1.807) is 0 Å². The van der Waals surface area contributed by atoms with Gasteiger partial charge in [0.05, 0.1) is 0 Å². The van der Waals surface area contributed by atoms with Crippen LogP contribution in [0.2, 0.25) is 0 Å². The molecular formula is C76H140O6. The van der Waals surface area contributed by atoms with Crippen LogP contribution in [0, 0.1) is 0 Å². The van der Waals surface area contributed by atoms with Crippen LogP contribution >= 0.6 is 0 Å². The van der Waals surface area contributed by atoms with Gasteiger partial charge < -0.3 is 14.2 Å². The molecule has 6 nitrogen and oxygen atoms in total. The predicted octanol–water partition coefficient (Wildman–Crippen LogP) is 25.3. The molecule has 0 amide bonds. The van der Waals surface area contributed by atoms with Gasteiger partial charge >= 0.3 is 17.9 Å². The fraction of sp³-hybridized carbons (Fsp3) is 0.855. The third-order valence-electron chi connectivity index (χ3n) is 16.6. The van der Waals surface area contributed by atoms with Gasteiger partial charge in [-0.3, -0.25) is 14.4 Å². The zero-order valence-electron chi connectivity index (χ0n) is 55.3. The quantitative estimate of drug-likeness (QED) is 0.0261. The highest BCUT2D eigenvalue weighted by atomic mass is 16.6. The molecular weight excluding hydrogens is 1010 g/mol. The Balaban J connectivity index is 3.99. The zero-order chi connectivity index (χ0) is 59.2. The van der Waals surface area contributed by atoms with Crippen molar-refractivity contribution < 1.29 is 28.6 Å². The van der Waals surface area contributed by atoms with E-state index in [-0.39, 0.29) is 31.1 Å². The lowest BCUT2D eigenvalue weighted by atomic mass is 10.0. The lowest BCUT2D eigenvalue weighted by Crippen LogP contribution is -2.30. The van der Waals surface area contributed by atoms with E-state index < -0.39 is 6.10 Å². The molecule has 480 valence electrons. The number of carbonyl (C=O) groups excluding carboxylic acids is 3. The van der Waals surface area contributed by atoms with Crippen molar-refractivity contribution in [3.05, 3.63) is 48.6 Å². The van der Waals surface area contributed by atoms with Crippen LogP contribution in [0.1, 0.15) is 400 Å². The van der Waals surface area contributed by atoms with Crippen LogP contribution in [-0.4, -0.2) is 37.2 Å². The van der Waals surface area contributed by atoms with Crippen molar-refractivity contribution in [2.24, 2.45) is 0 Å². The molecule has 0 aromatic heterocycles. The van der Waals surface area contributed by atoms with E-state index in [1.165, 1.54) is 276 Å². The minimum Gasteiger partial charge on any atom is -0.462 e. The molecule has 1 atom stereocenters. The Labute approximate surface area is 511 Å². The van der Waals surface area contributed by atoms with Crippen molar-refractivity contribution in [1.29, 1.82) is 0 Å². The summed E-state index contributed by atoms with van der Waals surface area (Å²) in [4.78, 5) is 38.2. The average Bonchev–Trinajstić information content (AvgIpc) is 3.48. The molecule has 0 fully saturated rings. The fourth-order valence-corrected chi connectivity index (χ4v) is 11.1. The zero-order valence-corrected chi connectivity index (χ0v) is 55.3. The van der Waals surface area contributed by atoms with Gasteiger partial charge in [-0.05, 0) is 57.8 Å². The number of allylic oxidation sites excluding steroid dienone is 8. The van der Waals surface area contributed by atoms with E-state index in [9.17, 15) is 14.4 Å². The van der Waals surface area contributed by atoms with Gasteiger partial charge in [0.2, 0.25) is 0 Å². The Kier molecular flexibility index (Phi) is 68.6. The van der Waals surface area contributed by atoms with E-state index in [0.29, 0.717) is 19.3 Å². The second kappa shape index (κ2) is 70.9. The fourth-order valence-electron chi connectivity index (χ4n) is 11.1. The Bertz CT molecular complexity index is 1410. The molecule has 0 saturated heterocycles. The number of rotatable bonds is 68. The Hall–Kier alpha value is -2.63. The van der Waals surface area contributed by atoms with Crippen molar-refractivity contribution in [2.45, 2.75) is 406 Å². The van der Waals surface area contributed by atoms with Gasteiger partial charge in [-0.15, -0.1) is 0 Å². The van der Waals surface area contributed by atoms with Crippen LogP contribution < -0.4 is 0 Å². The number of esters is 3. The van der Waals surface area contributed by atoms with Crippen LogP contribution in [0.5, 0.6) is 0 Å². The maximum Gasteiger partial charge on any atom is 0.306 e. The van der Waals surface area contributed by atoms with Gasteiger partial charge in [0.15, 0.2) is 6.10 Å². The van der Waals surface area contributed by atoms with Gasteiger partial charge in [0.25, 0.3) is 0 Å². The first-order chi connectivity index (χ1) is 40.5. The maximum absolute atomic E-state index is 12.9. The van der Waals surface area contributed by atoms with Crippen LogP contribution in [0.3, 0.4) is 0 Å². The predicted molar refractivity (Wildman–Crippen MR) is 358 cm³/mol. The van der Waals surface area contributed by atoms with Gasteiger partial charge in [-0.2, -0.15) is 0 Å². The summed E-state index contributed by atoms with van der Waals surface area (Å²) in [7, 11) is 0. The van der Waals surface area contributed by atoms with Crippen molar-refractivity contribution in [1.82, 2.24) is 0 Å². The molecule has 0 bridgehead atoms. The number of carbonyl (C=O) groups is 3.